The van der Waals surface area contributed by atoms with Crippen LogP contribution in [0.4, 0.5) is 0 Å². The molecule has 0 amide bonds. The number of carbonyl (C=O) groups is 1. The molecule has 7 nitrogen and oxygen atoms in total. The molecule has 134 valence electrons. The fourth-order valence-electron chi connectivity index (χ4n) is 2.27. The summed E-state index contributed by atoms with van der Waals surface area (Å²) in [6.45, 7) is 1.90. The first-order chi connectivity index (χ1) is 11.8. The first-order valence-corrected chi connectivity index (χ1v) is 8.82. The third kappa shape index (κ3) is 4.49. The highest BCUT2D eigenvalue weighted by molar-refractivity contribution is 7.89. The molecule has 0 fully saturated rings. The third-order valence-electron chi connectivity index (χ3n) is 3.50. The maximum absolute atomic E-state index is 12.2. The van der Waals surface area contributed by atoms with Crippen LogP contribution in [0.5, 0.6) is 11.5 Å². The van der Waals surface area contributed by atoms with Crippen LogP contribution in [-0.4, -0.2) is 28.6 Å². The molecule has 2 aromatic rings. The van der Waals surface area contributed by atoms with E-state index in [4.69, 9.17) is 19.3 Å². The van der Waals surface area contributed by atoms with Crippen molar-refractivity contribution in [1.82, 2.24) is 0 Å². The lowest BCUT2D eigenvalue weighted by atomic mass is 10.1. The van der Waals surface area contributed by atoms with E-state index in [0.29, 0.717) is 11.3 Å². The van der Waals surface area contributed by atoms with Gasteiger partial charge in [0, 0.05) is 5.56 Å². The Labute approximate surface area is 146 Å². The lowest BCUT2D eigenvalue weighted by Crippen LogP contribution is -2.15. The van der Waals surface area contributed by atoms with Crippen LogP contribution in [0.15, 0.2) is 41.3 Å². The van der Waals surface area contributed by atoms with E-state index in [-0.39, 0.29) is 22.8 Å². The van der Waals surface area contributed by atoms with Gasteiger partial charge >= 0.3 is 5.97 Å². The van der Waals surface area contributed by atoms with Crippen molar-refractivity contribution in [2.24, 2.45) is 5.14 Å². The quantitative estimate of drug-likeness (QED) is 0.785. The average molecular weight is 365 g/mol. The molecule has 0 saturated carbocycles. The van der Waals surface area contributed by atoms with E-state index in [1.807, 2.05) is 19.1 Å². The second-order valence-electron chi connectivity index (χ2n) is 5.30. The molecule has 2 N–H and O–H groups in total. The lowest BCUT2D eigenvalue weighted by molar-refractivity contribution is 0.0469. The van der Waals surface area contributed by atoms with Crippen molar-refractivity contribution in [2.45, 2.75) is 18.4 Å². The molecular formula is C17H19NO6S. The molecule has 0 bridgehead atoms. The van der Waals surface area contributed by atoms with Crippen molar-refractivity contribution in [3.05, 3.63) is 53.1 Å². The predicted molar refractivity (Wildman–Crippen MR) is 91.2 cm³/mol. The van der Waals surface area contributed by atoms with Crippen molar-refractivity contribution in [2.75, 3.05) is 14.2 Å². The van der Waals surface area contributed by atoms with Gasteiger partial charge in [0.05, 0.1) is 19.8 Å². The van der Waals surface area contributed by atoms with Gasteiger partial charge in [-0.1, -0.05) is 11.6 Å². The number of carbonyl (C=O) groups excluding carboxylic acids is 1. The molecule has 2 rings (SSSR count). The van der Waals surface area contributed by atoms with Crippen LogP contribution in [0.1, 0.15) is 21.5 Å². The summed E-state index contributed by atoms with van der Waals surface area (Å²) < 4.78 is 38.7. The number of sulfonamides is 1. The van der Waals surface area contributed by atoms with E-state index >= 15 is 0 Å². The first kappa shape index (κ1) is 18.8. The molecule has 0 atom stereocenters. The van der Waals surface area contributed by atoms with E-state index in [0.717, 1.165) is 11.6 Å². The smallest absolute Gasteiger partial charge is 0.338 e. The second-order valence-corrected chi connectivity index (χ2v) is 6.83. The summed E-state index contributed by atoms with van der Waals surface area (Å²) >= 11 is 0. The van der Waals surface area contributed by atoms with Crippen LogP contribution >= 0.6 is 0 Å². The molecule has 0 radical (unpaired) electrons. The van der Waals surface area contributed by atoms with E-state index < -0.39 is 16.0 Å². The fourth-order valence-corrected chi connectivity index (χ4v) is 3.00. The van der Waals surface area contributed by atoms with Crippen LogP contribution in [0.2, 0.25) is 0 Å². The van der Waals surface area contributed by atoms with Gasteiger partial charge < -0.3 is 14.2 Å². The first-order valence-electron chi connectivity index (χ1n) is 7.27. The summed E-state index contributed by atoms with van der Waals surface area (Å²) in [5, 5.41) is 5.15. The minimum Gasteiger partial charge on any atom is -0.496 e. The zero-order valence-corrected chi connectivity index (χ0v) is 14.9. The van der Waals surface area contributed by atoms with Crippen LogP contribution in [-0.2, 0) is 21.4 Å². The zero-order chi connectivity index (χ0) is 18.6. The SMILES string of the molecule is COc1ccc(C)cc1COC(=O)c1ccc(OC)c(S(N)(=O)=O)c1. The molecular weight excluding hydrogens is 346 g/mol. The minimum absolute atomic E-state index is 0.0135. The molecule has 0 aromatic heterocycles. The predicted octanol–water partition coefficient (Wildman–Crippen LogP) is 2.02. The number of benzene rings is 2. The van der Waals surface area contributed by atoms with Gasteiger partial charge in [0.1, 0.15) is 23.0 Å². The number of hydrogen-bond donors (Lipinski definition) is 1. The second kappa shape index (κ2) is 7.54. The summed E-state index contributed by atoms with van der Waals surface area (Å²) in [6.07, 6.45) is 0. The molecule has 0 unspecified atom stereocenters. The summed E-state index contributed by atoms with van der Waals surface area (Å²) in [7, 11) is -1.20. The largest absolute Gasteiger partial charge is 0.496 e. The minimum atomic E-state index is -4.04. The van der Waals surface area contributed by atoms with Crippen molar-refractivity contribution in [3.63, 3.8) is 0 Å². The number of hydrogen-bond acceptors (Lipinski definition) is 6. The Hall–Kier alpha value is -2.58. The molecule has 0 saturated heterocycles. The molecule has 0 aliphatic carbocycles. The fraction of sp³-hybridized carbons (Fsp3) is 0.235. The Morgan fingerprint density at radius 2 is 1.68 bits per heavy atom. The molecule has 0 aliphatic heterocycles. The van der Waals surface area contributed by atoms with Gasteiger partial charge in [-0.15, -0.1) is 0 Å². The van der Waals surface area contributed by atoms with Crippen molar-refractivity contribution < 1.29 is 27.4 Å². The number of methoxy groups -OCH3 is 2. The molecule has 2 aromatic carbocycles. The van der Waals surface area contributed by atoms with Gasteiger partial charge in [-0.25, -0.2) is 18.4 Å². The van der Waals surface area contributed by atoms with Crippen LogP contribution in [0, 0.1) is 6.92 Å². The normalized spacial score (nSPS) is 11.0. The standard InChI is InChI=1S/C17H19NO6S/c1-11-4-6-14(22-2)13(8-11)10-24-17(19)12-5-7-15(23-3)16(9-12)25(18,20)21/h4-9H,10H2,1-3H3,(H2,18,20,21). The van der Waals surface area contributed by atoms with Crippen molar-refractivity contribution in [1.29, 1.82) is 0 Å². The summed E-state index contributed by atoms with van der Waals surface area (Å²) in [4.78, 5) is 12.0. The monoisotopic (exact) mass is 365 g/mol. The number of nitrogens with two attached hydrogens (primary N) is 1. The number of primary sulfonamides is 1. The van der Waals surface area contributed by atoms with Gasteiger partial charge in [-0.3, -0.25) is 0 Å². The Kier molecular flexibility index (Phi) is 5.66. The Morgan fingerprint density at radius 3 is 2.28 bits per heavy atom. The summed E-state index contributed by atoms with van der Waals surface area (Å²) in [5.41, 5.74) is 1.75. The van der Waals surface area contributed by atoms with E-state index in [2.05, 4.69) is 0 Å². The van der Waals surface area contributed by atoms with E-state index in [9.17, 15) is 13.2 Å². The molecule has 0 spiro atoms. The maximum Gasteiger partial charge on any atom is 0.338 e. The highest BCUT2D eigenvalue weighted by atomic mass is 32.2. The number of esters is 1. The Balaban J connectivity index is 2.23. The van der Waals surface area contributed by atoms with Gasteiger partial charge in [-0.05, 0) is 37.3 Å². The molecule has 25 heavy (non-hydrogen) atoms. The Bertz CT molecular complexity index is 892. The van der Waals surface area contributed by atoms with Crippen LogP contribution in [0.25, 0.3) is 0 Å². The van der Waals surface area contributed by atoms with Gasteiger partial charge in [0.15, 0.2) is 0 Å². The van der Waals surface area contributed by atoms with Gasteiger partial charge in [0.2, 0.25) is 10.0 Å². The summed E-state index contributed by atoms with van der Waals surface area (Å²) in [6, 6.07) is 9.39. The molecule has 0 heterocycles. The van der Waals surface area contributed by atoms with Crippen molar-refractivity contribution >= 4 is 16.0 Å². The van der Waals surface area contributed by atoms with Crippen molar-refractivity contribution in [3.8, 4) is 11.5 Å². The Morgan fingerprint density at radius 1 is 1.04 bits per heavy atom. The number of aryl methyl sites for hydroxylation is 1. The van der Waals surface area contributed by atoms with E-state index in [1.165, 1.54) is 26.4 Å². The van der Waals surface area contributed by atoms with Crippen LogP contribution < -0.4 is 14.6 Å². The molecule has 8 heteroatoms. The highest BCUT2D eigenvalue weighted by Gasteiger charge is 2.19. The zero-order valence-electron chi connectivity index (χ0n) is 14.1. The van der Waals surface area contributed by atoms with Crippen LogP contribution in [0.3, 0.4) is 0 Å². The lowest BCUT2D eigenvalue weighted by Gasteiger charge is -2.11. The summed E-state index contributed by atoms with van der Waals surface area (Å²) in [5.74, 6) is -0.0335. The van der Waals surface area contributed by atoms with Gasteiger partial charge in [-0.2, -0.15) is 0 Å². The highest BCUT2D eigenvalue weighted by Crippen LogP contribution is 2.25. The number of ether oxygens (including phenoxy) is 3. The number of rotatable bonds is 6. The topological polar surface area (TPSA) is 105 Å². The third-order valence-corrected chi connectivity index (χ3v) is 4.43. The maximum atomic E-state index is 12.2. The molecule has 0 aliphatic rings. The average Bonchev–Trinajstić information content (AvgIpc) is 2.58. The van der Waals surface area contributed by atoms with E-state index in [1.54, 1.807) is 6.07 Å². The van der Waals surface area contributed by atoms with Gasteiger partial charge in [0.25, 0.3) is 0 Å².